The first-order valence-electron chi connectivity index (χ1n) is 10.5. The van der Waals surface area contributed by atoms with Crippen LogP contribution in [0.4, 0.5) is 4.79 Å². The normalized spacial score (nSPS) is 20.2. The molecule has 1 saturated heterocycles. The van der Waals surface area contributed by atoms with Crippen molar-refractivity contribution < 1.29 is 19.1 Å². The van der Waals surface area contributed by atoms with Crippen LogP contribution < -0.4 is 9.47 Å². The number of amides is 3. The zero-order chi connectivity index (χ0) is 21.7. The van der Waals surface area contributed by atoms with Gasteiger partial charge in [0.05, 0.1) is 14.2 Å². The van der Waals surface area contributed by atoms with Crippen LogP contribution in [0, 0.1) is 0 Å². The van der Waals surface area contributed by atoms with Crippen LogP contribution in [0.5, 0.6) is 11.5 Å². The van der Waals surface area contributed by atoms with Gasteiger partial charge in [-0.05, 0) is 35.7 Å². The summed E-state index contributed by atoms with van der Waals surface area (Å²) in [4.78, 5) is 33.3. The van der Waals surface area contributed by atoms with E-state index in [9.17, 15) is 9.59 Å². The lowest BCUT2D eigenvalue weighted by Crippen LogP contribution is -2.44. The molecule has 3 amide bonds. The summed E-state index contributed by atoms with van der Waals surface area (Å²) in [5.74, 6) is 1.09. The fourth-order valence-corrected chi connectivity index (χ4v) is 4.93. The number of aromatic nitrogens is 1. The minimum Gasteiger partial charge on any atom is -0.493 e. The van der Waals surface area contributed by atoms with E-state index in [1.165, 1.54) is 4.90 Å². The molecule has 5 rings (SSSR count). The fourth-order valence-electron chi connectivity index (χ4n) is 4.93. The molecule has 31 heavy (non-hydrogen) atoms. The molecule has 0 spiro atoms. The molecule has 3 aromatic rings. The second-order valence-electron chi connectivity index (χ2n) is 7.98. The lowest BCUT2D eigenvalue weighted by molar-refractivity contribution is -0.128. The average molecular weight is 419 g/mol. The van der Waals surface area contributed by atoms with Crippen LogP contribution >= 0.6 is 0 Å². The molecule has 2 aromatic carbocycles. The van der Waals surface area contributed by atoms with Crippen LogP contribution in [-0.2, 0) is 11.2 Å². The summed E-state index contributed by atoms with van der Waals surface area (Å²) in [5.41, 5.74) is 3.92. The lowest BCUT2D eigenvalue weighted by Gasteiger charge is -2.36. The highest BCUT2D eigenvalue weighted by molar-refractivity contribution is 6.05. The molecule has 2 atom stereocenters. The number of aromatic amines is 1. The number of hydrogen-bond acceptors (Lipinski definition) is 4. The Labute approximate surface area is 180 Å². The molecule has 0 aliphatic carbocycles. The number of H-pyrrole nitrogens is 1. The first-order chi connectivity index (χ1) is 15.1. The summed E-state index contributed by atoms with van der Waals surface area (Å²) in [6, 6.07) is 12.6. The summed E-state index contributed by atoms with van der Waals surface area (Å²) < 4.78 is 10.9. The highest BCUT2D eigenvalue weighted by atomic mass is 16.5. The molecule has 0 bridgehead atoms. The van der Waals surface area contributed by atoms with E-state index in [1.54, 1.807) is 19.1 Å². The second kappa shape index (κ2) is 7.34. The fraction of sp³-hybridized carbons (Fsp3) is 0.333. The zero-order valence-electron chi connectivity index (χ0n) is 17.8. The van der Waals surface area contributed by atoms with Crippen molar-refractivity contribution in [2.45, 2.75) is 31.8 Å². The van der Waals surface area contributed by atoms with Crippen LogP contribution in [0.1, 0.15) is 36.2 Å². The minimum atomic E-state index is -0.510. The number of carbonyl (C=O) groups excluding carboxylic acids is 2. The number of para-hydroxylation sites is 1. The van der Waals surface area contributed by atoms with E-state index < -0.39 is 12.1 Å². The first-order valence-corrected chi connectivity index (χ1v) is 10.5. The summed E-state index contributed by atoms with van der Waals surface area (Å²) in [6.45, 7) is 2.40. The maximum absolute atomic E-state index is 13.4. The Morgan fingerprint density at radius 1 is 1.06 bits per heavy atom. The van der Waals surface area contributed by atoms with Crippen molar-refractivity contribution in [2.75, 3.05) is 20.8 Å². The monoisotopic (exact) mass is 419 g/mol. The van der Waals surface area contributed by atoms with Gasteiger partial charge in [0, 0.05) is 29.6 Å². The molecular formula is C24H25N3O4. The third-order valence-corrected chi connectivity index (χ3v) is 6.30. The Hall–Kier alpha value is -3.48. The molecule has 160 valence electrons. The van der Waals surface area contributed by atoms with Gasteiger partial charge in [-0.2, -0.15) is 0 Å². The predicted octanol–water partition coefficient (Wildman–Crippen LogP) is 3.87. The predicted molar refractivity (Wildman–Crippen MR) is 116 cm³/mol. The third kappa shape index (κ3) is 2.80. The summed E-state index contributed by atoms with van der Waals surface area (Å²) >= 11 is 0. The molecule has 3 heterocycles. The number of hydrogen-bond donors (Lipinski definition) is 1. The average Bonchev–Trinajstić information content (AvgIpc) is 3.28. The highest BCUT2D eigenvalue weighted by Crippen LogP contribution is 2.45. The zero-order valence-corrected chi connectivity index (χ0v) is 17.8. The standard InChI is InChI=1S/C24H25N3O4/c1-4-11-26-23(28)18-13-16-15-7-5-6-8-17(15)25-21(16)22(27(18)24(26)29)14-9-10-19(30-2)20(12-14)31-3/h5-10,12,18,22,25H,4,11,13H2,1-3H3/t18-,22-/m1/s1. The van der Waals surface area contributed by atoms with Gasteiger partial charge in [-0.25, -0.2) is 4.79 Å². The van der Waals surface area contributed by atoms with E-state index in [-0.39, 0.29) is 11.9 Å². The third-order valence-electron chi connectivity index (χ3n) is 6.30. The van der Waals surface area contributed by atoms with Gasteiger partial charge in [-0.15, -0.1) is 0 Å². The van der Waals surface area contributed by atoms with Crippen molar-refractivity contribution in [3.63, 3.8) is 0 Å². The van der Waals surface area contributed by atoms with Crippen molar-refractivity contribution in [2.24, 2.45) is 0 Å². The molecular weight excluding hydrogens is 394 g/mol. The van der Waals surface area contributed by atoms with E-state index in [1.807, 2.05) is 43.3 Å². The maximum atomic E-state index is 13.4. The Bertz CT molecular complexity index is 1180. The molecule has 0 radical (unpaired) electrons. The minimum absolute atomic E-state index is 0.117. The second-order valence-corrected chi connectivity index (χ2v) is 7.98. The smallest absolute Gasteiger partial charge is 0.328 e. The molecule has 0 unspecified atom stereocenters. The number of methoxy groups -OCH3 is 2. The van der Waals surface area contributed by atoms with Gasteiger partial charge in [0.2, 0.25) is 0 Å². The quantitative estimate of drug-likeness (QED) is 0.637. The number of ether oxygens (including phenoxy) is 2. The Morgan fingerprint density at radius 3 is 2.58 bits per heavy atom. The summed E-state index contributed by atoms with van der Waals surface area (Å²) in [7, 11) is 3.18. The van der Waals surface area contributed by atoms with Crippen LogP contribution in [-0.4, -0.2) is 53.5 Å². The SMILES string of the molecule is CCCN1C(=O)[C@H]2Cc3c([nH]c4ccccc34)[C@@H](c3ccc(OC)c(OC)c3)N2C1=O. The Morgan fingerprint density at radius 2 is 1.84 bits per heavy atom. The number of carbonyl (C=O) groups is 2. The Balaban J connectivity index is 1.72. The first kappa shape index (κ1) is 19.5. The van der Waals surface area contributed by atoms with Crippen molar-refractivity contribution in [3.8, 4) is 11.5 Å². The van der Waals surface area contributed by atoms with Crippen molar-refractivity contribution >= 4 is 22.8 Å². The largest absolute Gasteiger partial charge is 0.493 e. The van der Waals surface area contributed by atoms with Gasteiger partial charge in [0.15, 0.2) is 11.5 Å². The van der Waals surface area contributed by atoms with Gasteiger partial charge in [0.25, 0.3) is 5.91 Å². The van der Waals surface area contributed by atoms with E-state index in [4.69, 9.17) is 9.47 Å². The van der Waals surface area contributed by atoms with Crippen LogP contribution in [0.15, 0.2) is 42.5 Å². The number of rotatable bonds is 5. The van der Waals surface area contributed by atoms with Crippen molar-refractivity contribution in [3.05, 3.63) is 59.3 Å². The summed E-state index contributed by atoms with van der Waals surface area (Å²) in [6.07, 6.45) is 1.24. The van der Waals surface area contributed by atoms with E-state index in [0.29, 0.717) is 24.5 Å². The van der Waals surface area contributed by atoms with Gasteiger partial charge in [0.1, 0.15) is 12.1 Å². The number of nitrogens with one attached hydrogen (secondary N) is 1. The van der Waals surface area contributed by atoms with E-state index >= 15 is 0 Å². The van der Waals surface area contributed by atoms with Crippen molar-refractivity contribution in [1.29, 1.82) is 0 Å². The van der Waals surface area contributed by atoms with Crippen molar-refractivity contribution in [1.82, 2.24) is 14.8 Å². The molecule has 0 saturated carbocycles. The van der Waals surface area contributed by atoms with Crippen LogP contribution in [0.25, 0.3) is 10.9 Å². The Kier molecular flexibility index (Phi) is 4.61. The number of benzene rings is 2. The van der Waals surface area contributed by atoms with Gasteiger partial charge in [-0.1, -0.05) is 31.2 Å². The molecule has 2 aliphatic rings. The number of nitrogens with zero attached hydrogens (tertiary/aromatic N) is 2. The molecule has 7 heteroatoms. The van der Waals surface area contributed by atoms with Gasteiger partial charge in [-0.3, -0.25) is 14.6 Å². The highest BCUT2D eigenvalue weighted by Gasteiger charge is 2.52. The number of imide groups is 1. The molecule has 1 fully saturated rings. The van der Waals surface area contributed by atoms with Gasteiger partial charge >= 0.3 is 6.03 Å². The maximum Gasteiger partial charge on any atom is 0.328 e. The molecule has 7 nitrogen and oxygen atoms in total. The van der Waals surface area contributed by atoms with Crippen LogP contribution in [0.3, 0.4) is 0 Å². The van der Waals surface area contributed by atoms with Crippen LogP contribution in [0.2, 0.25) is 0 Å². The van der Waals surface area contributed by atoms with Gasteiger partial charge < -0.3 is 14.5 Å². The molecule has 2 aliphatic heterocycles. The molecule has 1 aromatic heterocycles. The number of fused-ring (bicyclic) bond motifs is 4. The van der Waals surface area contributed by atoms with E-state index in [2.05, 4.69) is 11.1 Å². The lowest BCUT2D eigenvalue weighted by atomic mass is 9.88. The molecule has 1 N–H and O–H groups in total. The topological polar surface area (TPSA) is 74.9 Å². The number of urea groups is 1. The van der Waals surface area contributed by atoms with E-state index in [0.717, 1.165) is 34.1 Å². The summed E-state index contributed by atoms with van der Waals surface area (Å²) in [5, 5.41) is 1.09.